The third-order valence-corrected chi connectivity index (χ3v) is 3.46. The topological polar surface area (TPSA) is 69.6 Å². The Morgan fingerprint density at radius 2 is 1.74 bits per heavy atom. The first-order valence-electron chi connectivity index (χ1n) is 6.93. The normalized spacial score (nSPS) is 23.8. The molecule has 1 aliphatic carbocycles. The van der Waals surface area contributed by atoms with E-state index in [-0.39, 0.29) is 23.4 Å². The Kier molecular flexibility index (Phi) is 5.20. The van der Waals surface area contributed by atoms with Gasteiger partial charge in [0.05, 0.1) is 5.92 Å². The SMILES string of the molecule is CN(CC(C)(C)C)C(=O)NC1CCC(C(=O)O)CC1. The Balaban J connectivity index is 2.36. The average molecular weight is 270 g/mol. The van der Waals surface area contributed by atoms with Crippen LogP contribution >= 0.6 is 0 Å². The van der Waals surface area contributed by atoms with Crippen LogP contribution in [0.3, 0.4) is 0 Å². The van der Waals surface area contributed by atoms with E-state index in [1.54, 1.807) is 11.9 Å². The zero-order valence-corrected chi connectivity index (χ0v) is 12.4. The molecule has 1 saturated carbocycles. The van der Waals surface area contributed by atoms with Crippen molar-refractivity contribution in [3.8, 4) is 0 Å². The van der Waals surface area contributed by atoms with E-state index in [2.05, 4.69) is 26.1 Å². The largest absolute Gasteiger partial charge is 0.481 e. The van der Waals surface area contributed by atoms with E-state index in [1.807, 2.05) is 0 Å². The highest BCUT2D eigenvalue weighted by atomic mass is 16.4. The van der Waals surface area contributed by atoms with Gasteiger partial charge in [-0.25, -0.2) is 4.79 Å². The zero-order valence-electron chi connectivity index (χ0n) is 12.4. The lowest BCUT2D eigenvalue weighted by Crippen LogP contribution is -2.47. The second kappa shape index (κ2) is 6.26. The maximum Gasteiger partial charge on any atom is 0.317 e. The summed E-state index contributed by atoms with van der Waals surface area (Å²) in [6.07, 6.45) is 2.82. The molecule has 0 heterocycles. The summed E-state index contributed by atoms with van der Waals surface area (Å²) < 4.78 is 0. The van der Waals surface area contributed by atoms with Gasteiger partial charge in [0.1, 0.15) is 0 Å². The van der Waals surface area contributed by atoms with Gasteiger partial charge in [0.25, 0.3) is 0 Å². The lowest BCUT2D eigenvalue weighted by atomic mass is 9.86. The molecular formula is C14H26N2O3. The number of carboxylic acids is 1. The molecule has 0 spiro atoms. The Morgan fingerprint density at radius 1 is 1.21 bits per heavy atom. The van der Waals surface area contributed by atoms with Crippen molar-refractivity contribution in [1.82, 2.24) is 10.2 Å². The number of aliphatic carboxylic acids is 1. The van der Waals surface area contributed by atoms with E-state index in [0.717, 1.165) is 12.8 Å². The zero-order chi connectivity index (χ0) is 14.6. The van der Waals surface area contributed by atoms with Crippen molar-refractivity contribution in [1.29, 1.82) is 0 Å². The van der Waals surface area contributed by atoms with Crippen LogP contribution in [0.4, 0.5) is 4.79 Å². The summed E-state index contributed by atoms with van der Waals surface area (Å²) in [6, 6.07) is 0.0548. The van der Waals surface area contributed by atoms with Gasteiger partial charge in [0, 0.05) is 19.6 Å². The van der Waals surface area contributed by atoms with Crippen LogP contribution in [0.1, 0.15) is 46.5 Å². The van der Waals surface area contributed by atoms with Gasteiger partial charge in [-0.15, -0.1) is 0 Å². The minimum Gasteiger partial charge on any atom is -0.481 e. The van der Waals surface area contributed by atoms with E-state index in [4.69, 9.17) is 5.11 Å². The van der Waals surface area contributed by atoms with Crippen LogP contribution in [0.2, 0.25) is 0 Å². The highest BCUT2D eigenvalue weighted by Gasteiger charge is 2.27. The molecule has 2 amide bonds. The lowest BCUT2D eigenvalue weighted by Gasteiger charge is -2.31. The summed E-state index contributed by atoms with van der Waals surface area (Å²) in [6.45, 7) is 6.97. The highest BCUT2D eigenvalue weighted by Crippen LogP contribution is 2.24. The third kappa shape index (κ3) is 5.49. The van der Waals surface area contributed by atoms with Crippen LogP contribution in [0, 0.1) is 11.3 Å². The summed E-state index contributed by atoms with van der Waals surface area (Å²) in [5, 5.41) is 11.9. The van der Waals surface area contributed by atoms with Crippen molar-refractivity contribution in [2.45, 2.75) is 52.5 Å². The van der Waals surface area contributed by atoms with Crippen LogP contribution in [0.5, 0.6) is 0 Å². The van der Waals surface area contributed by atoms with E-state index < -0.39 is 5.97 Å². The van der Waals surface area contributed by atoms with Crippen LogP contribution in [0.15, 0.2) is 0 Å². The standard InChI is InChI=1S/C14H26N2O3/c1-14(2,3)9-16(4)13(19)15-11-7-5-10(6-8-11)12(17)18/h10-11H,5-9H2,1-4H3,(H,15,19)(H,17,18). The smallest absolute Gasteiger partial charge is 0.317 e. The second-order valence-electron chi connectivity index (χ2n) is 6.75. The van der Waals surface area contributed by atoms with Crippen LogP contribution in [-0.2, 0) is 4.79 Å². The van der Waals surface area contributed by atoms with E-state index >= 15 is 0 Å². The first kappa shape index (κ1) is 15.8. The fourth-order valence-electron chi connectivity index (χ4n) is 2.55. The first-order valence-corrected chi connectivity index (χ1v) is 6.93. The first-order chi connectivity index (χ1) is 8.69. The molecule has 0 unspecified atom stereocenters. The highest BCUT2D eigenvalue weighted by molar-refractivity contribution is 5.74. The molecule has 0 bridgehead atoms. The molecule has 0 radical (unpaired) electrons. The molecule has 0 atom stereocenters. The summed E-state index contributed by atoms with van der Waals surface area (Å²) in [7, 11) is 1.80. The van der Waals surface area contributed by atoms with E-state index in [9.17, 15) is 9.59 Å². The molecule has 5 heteroatoms. The molecular weight excluding hydrogens is 244 g/mol. The van der Waals surface area contributed by atoms with Gasteiger partial charge in [0.2, 0.25) is 0 Å². The Bertz CT molecular complexity index is 328. The Hall–Kier alpha value is -1.26. The second-order valence-corrected chi connectivity index (χ2v) is 6.75. The summed E-state index contributed by atoms with van der Waals surface area (Å²) in [5.41, 5.74) is 0.0764. The van der Waals surface area contributed by atoms with Crippen LogP contribution in [-0.4, -0.2) is 41.6 Å². The van der Waals surface area contributed by atoms with Gasteiger partial charge in [-0.2, -0.15) is 0 Å². The van der Waals surface area contributed by atoms with Crippen molar-refractivity contribution in [2.75, 3.05) is 13.6 Å². The number of urea groups is 1. The van der Waals surface area contributed by atoms with Gasteiger partial charge in [-0.05, 0) is 31.1 Å². The number of amides is 2. The lowest BCUT2D eigenvalue weighted by molar-refractivity contribution is -0.142. The number of carbonyl (C=O) groups is 2. The molecule has 2 N–H and O–H groups in total. The van der Waals surface area contributed by atoms with Crippen molar-refractivity contribution < 1.29 is 14.7 Å². The third-order valence-electron chi connectivity index (χ3n) is 3.46. The van der Waals surface area contributed by atoms with Crippen molar-refractivity contribution >= 4 is 12.0 Å². The predicted molar refractivity (Wildman–Crippen MR) is 74.0 cm³/mol. The van der Waals surface area contributed by atoms with Gasteiger partial charge >= 0.3 is 12.0 Å². The van der Waals surface area contributed by atoms with Gasteiger partial charge in [-0.3, -0.25) is 4.79 Å². The molecule has 1 fully saturated rings. The molecule has 1 rings (SSSR count). The Morgan fingerprint density at radius 3 is 2.16 bits per heavy atom. The van der Waals surface area contributed by atoms with E-state index in [0.29, 0.717) is 19.4 Å². The van der Waals surface area contributed by atoms with Crippen LogP contribution < -0.4 is 5.32 Å². The van der Waals surface area contributed by atoms with Crippen LogP contribution in [0.25, 0.3) is 0 Å². The number of carbonyl (C=O) groups excluding carboxylic acids is 1. The van der Waals surface area contributed by atoms with Gasteiger partial charge in [0.15, 0.2) is 0 Å². The maximum absolute atomic E-state index is 12.0. The van der Waals surface area contributed by atoms with Gasteiger partial charge < -0.3 is 15.3 Å². The Labute approximate surface area is 115 Å². The molecule has 1 aliphatic rings. The molecule has 0 aromatic carbocycles. The molecule has 0 aromatic heterocycles. The molecule has 19 heavy (non-hydrogen) atoms. The fraction of sp³-hybridized carbons (Fsp3) is 0.857. The van der Waals surface area contributed by atoms with Crippen molar-refractivity contribution in [3.05, 3.63) is 0 Å². The molecule has 0 saturated heterocycles. The number of hydrogen-bond donors (Lipinski definition) is 2. The summed E-state index contributed by atoms with van der Waals surface area (Å²) in [5.74, 6) is -0.949. The molecule has 5 nitrogen and oxygen atoms in total. The minimum atomic E-state index is -0.713. The minimum absolute atomic E-state index is 0.0614. The summed E-state index contributed by atoms with van der Waals surface area (Å²) >= 11 is 0. The fourth-order valence-corrected chi connectivity index (χ4v) is 2.55. The van der Waals surface area contributed by atoms with Crippen molar-refractivity contribution in [3.63, 3.8) is 0 Å². The van der Waals surface area contributed by atoms with Gasteiger partial charge in [-0.1, -0.05) is 20.8 Å². The predicted octanol–water partition coefficient (Wildman–Crippen LogP) is 2.32. The number of nitrogens with one attached hydrogen (secondary N) is 1. The average Bonchev–Trinajstić information content (AvgIpc) is 2.27. The maximum atomic E-state index is 12.0. The number of rotatable bonds is 3. The quantitative estimate of drug-likeness (QED) is 0.827. The summed E-state index contributed by atoms with van der Waals surface area (Å²) in [4.78, 5) is 24.6. The number of nitrogens with zero attached hydrogens (tertiary/aromatic N) is 1. The molecule has 110 valence electrons. The number of carboxylic acid groups (broad SMARTS) is 1. The molecule has 0 aliphatic heterocycles. The monoisotopic (exact) mass is 270 g/mol. The molecule has 0 aromatic rings. The van der Waals surface area contributed by atoms with E-state index in [1.165, 1.54) is 0 Å². The van der Waals surface area contributed by atoms with Crippen molar-refractivity contribution in [2.24, 2.45) is 11.3 Å². The number of hydrogen-bond acceptors (Lipinski definition) is 2.